The average Bonchev–Trinajstić information content (AvgIpc) is 2.41. The zero-order valence-corrected chi connectivity index (χ0v) is 10.3. The van der Waals surface area contributed by atoms with Crippen molar-refractivity contribution in [3.8, 4) is 11.5 Å². The van der Waals surface area contributed by atoms with Crippen molar-refractivity contribution in [1.82, 2.24) is 5.32 Å². The molecule has 2 aliphatic heterocycles. The van der Waals surface area contributed by atoms with Gasteiger partial charge in [0, 0.05) is 11.6 Å². The predicted octanol–water partition coefficient (Wildman–Crippen LogP) is 2.58. The molecular formula is C14H19NO2. The van der Waals surface area contributed by atoms with Crippen LogP contribution in [-0.4, -0.2) is 19.8 Å². The molecule has 0 saturated carbocycles. The average molecular weight is 233 g/mol. The van der Waals surface area contributed by atoms with Crippen molar-refractivity contribution in [1.29, 1.82) is 0 Å². The highest BCUT2D eigenvalue weighted by Gasteiger charge is 2.24. The minimum Gasteiger partial charge on any atom is -0.486 e. The molecule has 3 heteroatoms. The number of aryl methyl sites for hydroxylation is 1. The zero-order valence-electron chi connectivity index (χ0n) is 10.3. The normalized spacial score (nSPS) is 23.5. The fourth-order valence-corrected chi connectivity index (χ4v) is 2.68. The third-order valence-electron chi connectivity index (χ3n) is 3.60. The summed E-state index contributed by atoms with van der Waals surface area (Å²) >= 11 is 0. The molecule has 0 radical (unpaired) electrons. The van der Waals surface area contributed by atoms with Crippen LogP contribution in [0.2, 0.25) is 0 Å². The summed E-state index contributed by atoms with van der Waals surface area (Å²) in [6.07, 6.45) is 3.77. The van der Waals surface area contributed by atoms with Gasteiger partial charge in [-0.05, 0) is 31.9 Å². The molecule has 1 atom stereocenters. The summed E-state index contributed by atoms with van der Waals surface area (Å²) < 4.78 is 11.6. The van der Waals surface area contributed by atoms with Crippen LogP contribution in [-0.2, 0) is 0 Å². The van der Waals surface area contributed by atoms with Gasteiger partial charge in [0.05, 0.1) is 0 Å². The van der Waals surface area contributed by atoms with Crippen molar-refractivity contribution in [2.45, 2.75) is 32.2 Å². The summed E-state index contributed by atoms with van der Waals surface area (Å²) in [4.78, 5) is 0. The lowest BCUT2D eigenvalue weighted by Crippen LogP contribution is -2.28. The smallest absolute Gasteiger partial charge is 0.166 e. The van der Waals surface area contributed by atoms with Crippen LogP contribution in [0, 0.1) is 6.92 Å². The van der Waals surface area contributed by atoms with E-state index in [1.54, 1.807) is 0 Å². The fourth-order valence-electron chi connectivity index (χ4n) is 2.68. The molecular weight excluding hydrogens is 214 g/mol. The van der Waals surface area contributed by atoms with Gasteiger partial charge in [-0.25, -0.2) is 0 Å². The number of ether oxygens (including phenoxy) is 2. The Balaban J connectivity index is 1.98. The first-order chi connectivity index (χ1) is 8.36. The minimum atomic E-state index is 0.430. The topological polar surface area (TPSA) is 30.5 Å². The van der Waals surface area contributed by atoms with Crippen LogP contribution < -0.4 is 14.8 Å². The van der Waals surface area contributed by atoms with E-state index < -0.39 is 0 Å². The second kappa shape index (κ2) is 4.57. The van der Waals surface area contributed by atoms with Crippen molar-refractivity contribution < 1.29 is 9.47 Å². The van der Waals surface area contributed by atoms with Gasteiger partial charge in [-0.1, -0.05) is 18.6 Å². The third-order valence-corrected chi connectivity index (χ3v) is 3.60. The molecule has 1 aromatic carbocycles. The van der Waals surface area contributed by atoms with Crippen molar-refractivity contribution in [3.63, 3.8) is 0 Å². The molecule has 0 spiro atoms. The second-order valence-electron chi connectivity index (χ2n) is 4.83. The maximum Gasteiger partial charge on any atom is 0.166 e. The molecule has 17 heavy (non-hydrogen) atoms. The van der Waals surface area contributed by atoms with Gasteiger partial charge in [0.2, 0.25) is 0 Å². The van der Waals surface area contributed by atoms with Crippen molar-refractivity contribution >= 4 is 0 Å². The number of rotatable bonds is 1. The Morgan fingerprint density at radius 2 is 1.94 bits per heavy atom. The fraction of sp³-hybridized carbons (Fsp3) is 0.571. The lowest BCUT2D eigenvalue weighted by molar-refractivity contribution is 0.167. The van der Waals surface area contributed by atoms with E-state index in [4.69, 9.17) is 9.47 Å². The summed E-state index contributed by atoms with van der Waals surface area (Å²) in [6.45, 7) is 4.51. The van der Waals surface area contributed by atoms with Gasteiger partial charge < -0.3 is 14.8 Å². The summed E-state index contributed by atoms with van der Waals surface area (Å²) in [6, 6.07) is 4.75. The standard InChI is InChI=1S/C14H19NO2/c1-10-5-6-11(12-4-2-3-7-15-12)14-13(10)16-8-9-17-14/h5-6,12,15H,2-4,7-9H2,1H3. The maximum atomic E-state index is 5.82. The molecule has 1 N–H and O–H groups in total. The SMILES string of the molecule is Cc1ccc(C2CCCCN2)c2c1OCCO2. The summed E-state index contributed by atoms with van der Waals surface area (Å²) in [5.41, 5.74) is 2.43. The van der Waals surface area contributed by atoms with Gasteiger partial charge in [0.15, 0.2) is 11.5 Å². The summed E-state index contributed by atoms with van der Waals surface area (Å²) in [5, 5.41) is 3.57. The Bertz CT molecular complexity index is 411. The van der Waals surface area contributed by atoms with Gasteiger partial charge in [0.1, 0.15) is 13.2 Å². The van der Waals surface area contributed by atoms with E-state index in [0.717, 1.165) is 18.0 Å². The Morgan fingerprint density at radius 3 is 2.71 bits per heavy atom. The van der Waals surface area contributed by atoms with E-state index in [0.29, 0.717) is 19.3 Å². The van der Waals surface area contributed by atoms with E-state index in [9.17, 15) is 0 Å². The second-order valence-corrected chi connectivity index (χ2v) is 4.83. The number of benzene rings is 1. The van der Waals surface area contributed by atoms with E-state index in [-0.39, 0.29) is 0 Å². The Hall–Kier alpha value is -1.22. The highest BCUT2D eigenvalue weighted by atomic mass is 16.6. The number of hydrogen-bond donors (Lipinski definition) is 1. The monoisotopic (exact) mass is 233 g/mol. The molecule has 0 aliphatic carbocycles. The van der Waals surface area contributed by atoms with Crippen LogP contribution in [0.3, 0.4) is 0 Å². The number of fused-ring (bicyclic) bond motifs is 1. The van der Waals surface area contributed by atoms with Crippen LogP contribution in [0.1, 0.15) is 36.4 Å². The molecule has 1 saturated heterocycles. The molecule has 0 aromatic heterocycles. The number of piperidine rings is 1. The number of nitrogens with one attached hydrogen (secondary N) is 1. The molecule has 3 nitrogen and oxygen atoms in total. The zero-order chi connectivity index (χ0) is 11.7. The van der Waals surface area contributed by atoms with E-state index in [1.165, 1.54) is 30.4 Å². The molecule has 0 bridgehead atoms. The first kappa shape index (κ1) is 10.9. The van der Waals surface area contributed by atoms with Gasteiger partial charge in [-0.15, -0.1) is 0 Å². The van der Waals surface area contributed by atoms with Crippen LogP contribution in [0.25, 0.3) is 0 Å². The van der Waals surface area contributed by atoms with Gasteiger partial charge in [0.25, 0.3) is 0 Å². The molecule has 2 heterocycles. The Labute approximate surface area is 102 Å². The first-order valence-corrected chi connectivity index (χ1v) is 6.49. The van der Waals surface area contributed by atoms with Gasteiger partial charge in [-0.2, -0.15) is 0 Å². The van der Waals surface area contributed by atoms with E-state index in [1.807, 2.05) is 0 Å². The number of hydrogen-bond acceptors (Lipinski definition) is 3. The van der Waals surface area contributed by atoms with Crippen molar-refractivity contribution in [3.05, 3.63) is 23.3 Å². The highest BCUT2D eigenvalue weighted by molar-refractivity contribution is 5.53. The first-order valence-electron chi connectivity index (χ1n) is 6.49. The van der Waals surface area contributed by atoms with Crippen molar-refractivity contribution in [2.75, 3.05) is 19.8 Å². The predicted molar refractivity (Wildman–Crippen MR) is 66.8 cm³/mol. The molecule has 1 unspecified atom stereocenters. The minimum absolute atomic E-state index is 0.430. The van der Waals surface area contributed by atoms with Crippen LogP contribution >= 0.6 is 0 Å². The van der Waals surface area contributed by atoms with Crippen LogP contribution in [0.4, 0.5) is 0 Å². The lowest BCUT2D eigenvalue weighted by Gasteiger charge is -2.29. The molecule has 1 aromatic rings. The molecule has 2 aliphatic rings. The molecule has 92 valence electrons. The molecule has 1 fully saturated rings. The van der Waals surface area contributed by atoms with Crippen LogP contribution in [0.5, 0.6) is 11.5 Å². The Morgan fingerprint density at radius 1 is 1.12 bits per heavy atom. The van der Waals surface area contributed by atoms with Crippen molar-refractivity contribution in [2.24, 2.45) is 0 Å². The summed E-state index contributed by atoms with van der Waals surface area (Å²) in [5.74, 6) is 1.91. The van der Waals surface area contributed by atoms with Crippen LogP contribution in [0.15, 0.2) is 12.1 Å². The van der Waals surface area contributed by atoms with E-state index >= 15 is 0 Å². The third kappa shape index (κ3) is 2.00. The Kier molecular flexibility index (Phi) is 2.93. The van der Waals surface area contributed by atoms with E-state index in [2.05, 4.69) is 24.4 Å². The van der Waals surface area contributed by atoms with Gasteiger partial charge >= 0.3 is 0 Å². The quantitative estimate of drug-likeness (QED) is 0.808. The summed E-state index contributed by atoms with van der Waals surface area (Å²) in [7, 11) is 0. The van der Waals surface area contributed by atoms with Gasteiger partial charge in [-0.3, -0.25) is 0 Å². The highest BCUT2D eigenvalue weighted by Crippen LogP contribution is 2.41. The lowest BCUT2D eigenvalue weighted by atomic mass is 9.95. The largest absolute Gasteiger partial charge is 0.486 e. The molecule has 3 rings (SSSR count). The molecule has 0 amide bonds. The maximum absolute atomic E-state index is 5.82.